The molecule has 0 radical (unpaired) electrons. The van der Waals surface area contributed by atoms with Gasteiger partial charge in [-0.2, -0.15) is 5.06 Å². The topological polar surface area (TPSA) is 21.7 Å². The summed E-state index contributed by atoms with van der Waals surface area (Å²) in [5, 5.41) is 0.879. The normalized spacial score (nSPS) is 18.7. The summed E-state index contributed by atoms with van der Waals surface area (Å²) < 4.78 is 77.6. The number of para-hydroxylation sites is 1. The van der Waals surface area contributed by atoms with Crippen molar-refractivity contribution in [1.82, 2.24) is 0 Å². The van der Waals surface area contributed by atoms with Gasteiger partial charge in [0.1, 0.15) is 11.8 Å². The lowest BCUT2D eigenvalue weighted by Gasteiger charge is -2.43. The van der Waals surface area contributed by atoms with Crippen LogP contribution in [0.4, 0.5) is 25.1 Å². The van der Waals surface area contributed by atoms with E-state index in [1.54, 1.807) is 37.3 Å². The number of hydrogen-bond donors (Lipinski definition) is 0. The second kappa shape index (κ2) is 6.90. The molecule has 0 amide bonds. The summed E-state index contributed by atoms with van der Waals surface area (Å²) in [6, 6.07) is 17.2. The lowest BCUT2D eigenvalue weighted by molar-refractivity contribution is 0.246. The van der Waals surface area contributed by atoms with E-state index in [0.29, 0.717) is 5.75 Å². The zero-order valence-corrected chi connectivity index (χ0v) is 18.0. The second-order valence-corrected chi connectivity index (χ2v) is 9.83. The van der Waals surface area contributed by atoms with E-state index >= 15 is 0 Å². The first-order valence-electron chi connectivity index (χ1n) is 9.59. The number of ether oxygens (including phenoxy) is 1. The molecule has 0 fully saturated rings. The van der Waals surface area contributed by atoms with Gasteiger partial charge in [-0.15, -0.1) is 0 Å². The SMILES string of the molecule is COc1ccc(C2C(S(F)(F)(F)(F)F)=C(c3ccc(C)cc3)ON2c2ccccc2)cc1. The van der Waals surface area contributed by atoms with Gasteiger partial charge in [0.2, 0.25) is 0 Å². The maximum absolute atomic E-state index is 14.5. The molecule has 1 heterocycles. The van der Waals surface area contributed by atoms with Crippen LogP contribution in [0.3, 0.4) is 0 Å². The quantitative estimate of drug-likeness (QED) is 0.352. The van der Waals surface area contributed by atoms with E-state index in [0.717, 1.165) is 10.6 Å². The fourth-order valence-corrected chi connectivity index (χ4v) is 4.72. The van der Waals surface area contributed by atoms with Crippen LogP contribution in [0.2, 0.25) is 0 Å². The molecule has 0 saturated heterocycles. The second-order valence-electron chi connectivity index (χ2n) is 7.46. The van der Waals surface area contributed by atoms with E-state index in [1.165, 1.54) is 55.6 Å². The molecule has 1 aliphatic heterocycles. The number of aryl methyl sites for hydroxylation is 1. The van der Waals surface area contributed by atoms with Crippen molar-refractivity contribution in [2.45, 2.75) is 13.0 Å². The zero-order valence-electron chi connectivity index (χ0n) is 17.1. The maximum Gasteiger partial charge on any atom is 0.312 e. The van der Waals surface area contributed by atoms with Gasteiger partial charge in [0.15, 0.2) is 10.7 Å². The van der Waals surface area contributed by atoms with Crippen LogP contribution in [0.25, 0.3) is 5.76 Å². The minimum atomic E-state index is -10.2. The van der Waals surface area contributed by atoms with Crippen molar-refractivity contribution in [1.29, 1.82) is 0 Å². The third-order valence-corrected chi connectivity index (χ3v) is 6.31. The van der Waals surface area contributed by atoms with Crippen molar-refractivity contribution >= 4 is 21.7 Å². The van der Waals surface area contributed by atoms with Crippen molar-refractivity contribution in [3.8, 4) is 5.75 Å². The zero-order chi connectivity index (χ0) is 23.2. The highest BCUT2D eigenvalue weighted by Gasteiger charge is 2.73. The molecule has 170 valence electrons. The summed E-state index contributed by atoms with van der Waals surface area (Å²) in [5.41, 5.74) is 0.874. The molecule has 4 rings (SSSR count). The third kappa shape index (κ3) is 4.25. The van der Waals surface area contributed by atoms with Gasteiger partial charge in [0.05, 0.1) is 12.8 Å². The number of anilines is 1. The first-order chi connectivity index (χ1) is 14.9. The van der Waals surface area contributed by atoms with Gasteiger partial charge < -0.3 is 9.57 Å². The highest BCUT2D eigenvalue weighted by atomic mass is 32.5. The molecule has 1 unspecified atom stereocenters. The summed E-state index contributed by atoms with van der Waals surface area (Å²) in [4.78, 5) is 3.59. The van der Waals surface area contributed by atoms with Crippen LogP contribution in [-0.2, 0) is 4.84 Å². The van der Waals surface area contributed by atoms with Crippen LogP contribution in [0.5, 0.6) is 5.75 Å². The minimum Gasteiger partial charge on any atom is -0.497 e. The monoisotopic (exact) mass is 469 g/mol. The Morgan fingerprint density at radius 3 is 1.94 bits per heavy atom. The number of hydroxylamine groups is 1. The number of halogens is 5. The van der Waals surface area contributed by atoms with Crippen LogP contribution >= 0.6 is 10.2 Å². The van der Waals surface area contributed by atoms with Gasteiger partial charge in [-0.1, -0.05) is 79.6 Å². The number of benzene rings is 3. The average Bonchev–Trinajstić information content (AvgIpc) is 3.16. The summed E-state index contributed by atoms with van der Waals surface area (Å²) in [7, 11) is -8.78. The number of nitrogens with zero attached hydrogens (tertiary/aromatic N) is 1. The Hall–Kier alpha value is -3.20. The first-order valence-corrected chi connectivity index (χ1v) is 11.5. The molecule has 3 aromatic carbocycles. The van der Waals surface area contributed by atoms with Gasteiger partial charge in [0.25, 0.3) is 0 Å². The Labute approximate surface area is 182 Å². The van der Waals surface area contributed by atoms with Gasteiger partial charge in [-0.3, -0.25) is 0 Å². The summed E-state index contributed by atoms with van der Waals surface area (Å²) >= 11 is 0. The smallest absolute Gasteiger partial charge is 0.312 e. The third-order valence-electron chi connectivity index (χ3n) is 5.07. The largest absolute Gasteiger partial charge is 0.497 e. The fourth-order valence-electron chi connectivity index (χ4n) is 3.56. The van der Waals surface area contributed by atoms with E-state index in [1.807, 2.05) is 0 Å². The van der Waals surface area contributed by atoms with Crippen molar-refractivity contribution in [2.75, 3.05) is 12.2 Å². The molecule has 0 bridgehead atoms. The predicted octanol–water partition coefficient (Wildman–Crippen LogP) is 8.16. The molecular formula is C23H20F5NO2S. The van der Waals surface area contributed by atoms with Crippen LogP contribution in [0, 0.1) is 6.92 Å². The fraction of sp³-hybridized carbons (Fsp3) is 0.130. The summed E-state index contributed by atoms with van der Waals surface area (Å²) in [6.45, 7) is 1.75. The molecule has 3 nitrogen and oxygen atoms in total. The maximum atomic E-state index is 14.5. The Morgan fingerprint density at radius 2 is 1.41 bits per heavy atom. The molecule has 9 heteroatoms. The van der Waals surface area contributed by atoms with Crippen molar-refractivity contribution in [2.24, 2.45) is 0 Å². The molecule has 1 aliphatic rings. The minimum absolute atomic E-state index is 0.0139. The van der Waals surface area contributed by atoms with E-state index in [4.69, 9.17) is 9.57 Å². The van der Waals surface area contributed by atoms with Crippen molar-refractivity contribution < 1.29 is 29.0 Å². The molecule has 1 atom stereocenters. The lowest BCUT2D eigenvalue weighted by atomic mass is 10.0. The van der Waals surface area contributed by atoms with E-state index < -0.39 is 26.9 Å². The summed E-state index contributed by atoms with van der Waals surface area (Å²) in [5.74, 6) is -0.524. The molecule has 0 aliphatic carbocycles. The summed E-state index contributed by atoms with van der Waals surface area (Å²) in [6.07, 6.45) is 0. The molecule has 0 spiro atoms. The Balaban J connectivity index is 2.00. The first kappa shape index (κ1) is 22.0. The number of rotatable bonds is 5. The number of hydrogen-bond acceptors (Lipinski definition) is 3. The predicted molar refractivity (Wildman–Crippen MR) is 117 cm³/mol. The van der Waals surface area contributed by atoms with Crippen molar-refractivity contribution in [3.05, 3.63) is 100 Å². The highest BCUT2D eigenvalue weighted by molar-refractivity contribution is 8.48. The van der Waals surface area contributed by atoms with Crippen LogP contribution in [0.15, 0.2) is 83.8 Å². The molecule has 0 aromatic heterocycles. The Morgan fingerprint density at radius 1 is 0.812 bits per heavy atom. The highest BCUT2D eigenvalue weighted by Crippen LogP contribution is 3.04. The molecular weight excluding hydrogens is 449 g/mol. The van der Waals surface area contributed by atoms with Gasteiger partial charge in [0, 0.05) is 5.56 Å². The average molecular weight is 469 g/mol. The lowest BCUT2D eigenvalue weighted by Crippen LogP contribution is -2.26. The van der Waals surface area contributed by atoms with E-state index in [9.17, 15) is 19.4 Å². The van der Waals surface area contributed by atoms with Crippen LogP contribution in [0.1, 0.15) is 22.7 Å². The Bertz CT molecular complexity index is 1160. The molecule has 0 saturated carbocycles. The van der Waals surface area contributed by atoms with E-state index in [-0.39, 0.29) is 16.8 Å². The van der Waals surface area contributed by atoms with Gasteiger partial charge in [-0.25, -0.2) is 0 Å². The van der Waals surface area contributed by atoms with Gasteiger partial charge in [-0.05, 0) is 36.8 Å². The van der Waals surface area contributed by atoms with Gasteiger partial charge >= 0.3 is 10.2 Å². The molecule has 3 aromatic rings. The van der Waals surface area contributed by atoms with Crippen LogP contribution in [-0.4, -0.2) is 7.11 Å². The Kier molecular flexibility index (Phi) is 4.74. The van der Waals surface area contributed by atoms with E-state index in [2.05, 4.69) is 0 Å². The molecule has 0 N–H and O–H groups in total. The standard InChI is InChI=1S/C23H20F5NO2S/c1-16-8-10-18(11-9-16)22-23(32(24,25,26,27)28)21(17-12-14-20(30-2)15-13-17)29(31-22)19-6-4-3-5-7-19/h3-15,21H,1-2H3. The van der Waals surface area contributed by atoms with Crippen LogP contribution < -0.4 is 9.80 Å². The molecule has 32 heavy (non-hydrogen) atoms. The van der Waals surface area contributed by atoms with Crippen molar-refractivity contribution in [3.63, 3.8) is 0 Å². The number of methoxy groups -OCH3 is 1.